The summed E-state index contributed by atoms with van der Waals surface area (Å²) >= 11 is 0. The number of piperidine rings is 1. The molecule has 1 N–H and O–H groups in total. The lowest BCUT2D eigenvalue weighted by atomic mass is 10.1. The largest absolute Gasteiger partial charge is 0.360 e. The van der Waals surface area contributed by atoms with Gasteiger partial charge in [0.2, 0.25) is 5.43 Å². The molecule has 5 heteroatoms. The fourth-order valence-corrected chi connectivity index (χ4v) is 2.62. The van der Waals surface area contributed by atoms with Crippen LogP contribution in [-0.2, 0) is 0 Å². The second-order valence-corrected chi connectivity index (χ2v) is 5.07. The Morgan fingerprint density at radius 2 is 1.95 bits per heavy atom. The monoisotopic (exact) mass is 274 g/mol. The summed E-state index contributed by atoms with van der Waals surface area (Å²) in [6, 6.07) is 3.90. The Kier molecular flexibility index (Phi) is 3.26. The average Bonchev–Trinajstić information content (AvgIpc) is 2.48. The van der Waals surface area contributed by atoms with Crippen molar-refractivity contribution in [2.75, 3.05) is 13.1 Å². The first-order valence-electron chi connectivity index (χ1n) is 6.77. The molecule has 0 unspecified atom stereocenters. The van der Waals surface area contributed by atoms with Crippen molar-refractivity contribution in [3.05, 3.63) is 46.0 Å². The second kappa shape index (κ2) is 5.07. The molecule has 1 fully saturated rings. The van der Waals surface area contributed by atoms with Crippen molar-refractivity contribution >= 4 is 16.8 Å². The van der Waals surface area contributed by atoms with Crippen molar-refractivity contribution in [1.82, 2.24) is 9.88 Å². The molecule has 1 saturated heterocycles. The number of H-pyrrole nitrogens is 1. The predicted molar refractivity (Wildman–Crippen MR) is 74.3 cm³/mol. The van der Waals surface area contributed by atoms with Crippen molar-refractivity contribution in [2.24, 2.45) is 0 Å². The van der Waals surface area contributed by atoms with Crippen LogP contribution in [0.5, 0.6) is 0 Å². The van der Waals surface area contributed by atoms with Crippen LogP contribution in [0.1, 0.15) is 29.6 Å². The fourth-order valence-electron chi connectivity index (χ4n) is 2.62. The number of aromatic nitrogens is 1. The number of nitrogens with one attached hydrogen (secondary N) is 1. The molecule has 0 bridgehead atoms. The molecule has 0 atom stereocenters. The Morgan fingerprint density at radius 1 is 1.20 bits per heavy atom. The van der Waals surface area contributed by atoms with Gasteiger partial charge in [-0.1, -0.05) is 0 Å². The minimum Gasteiger partial charge on any atom is -0.360 e. The van der Waals surface area contributed by atoms with E-state index in [9.17, 15) is 14.0 Å². The molecular weight excluding hydrogens is 259 g/mol. The summed E-state index contributed by atoms with van der Waals surface area (Å²) in [7, 11) is 0. The molecule has 1 aromatic carbocycles. The van der Waals surface area contributed by atoms with Crippen LogP contribution in [0.4, 0.5) is 4.39 Å². The summed E-state index contributed by atoms with van der Waals surface area (Å²) < 4.78 is 13.1. The van der Waals surface area contributed by atoms with Crippen LogP contribution in [0.25, 0.3) is 10.9 Å². The van der Waals surface area contributed by atoms with Crippen LogP contribution in [0.2, 0.25) is 0 Å². The van der Waals surface area contributed by atoms with Crippen molar-refractivity contribution < 1.29 is 9.18 Å². The molecule has 1 aliphatic heterocycles. The van der Waals surface area contributed by atoms with E-state index in [1.165, 1.54) is 24.4 Å². The molecule has 3 rings (SSSR count). The second-order valence-electron chi connectivity index (χ2n) is 5.07. The number of likely N-dealkylation sites (tertiary alicyclic amines) is 1. The number of nitrogens with zero attached hydrogens (tertiary/aromatic N) is 1. The molecule has 4 nitrogen and oxygen atoms in total. The highest BCUT2D eigenvalue weighted by atomic mass is 19.1. The zero-order chi connectivity index (χ0) is 14.1. The van der Waals surface area contributed by atoms with Crippen LogP contribution in [-0.4, -0.2) is 28.9 Å². The fraction of sp³-hybridized carbons (Fsp3) is 0.333. The lowest BCUT2D eigenvalue weighted by molar-refractivity contribution is 0.0723. The van der Waals surface area contributed by atoms with Crippen molar-refractivity contribution in [3.63, 3.8) is 0 Å². The molecule has 0 spiro atoms. The smallest absolute Gasteiger partial charge is 0.259 e. The molecule has 2 heterocycles. The van der Waals surface area contributed by atoms with Crippen LogP contribution >= 0.6 is 0 Å². The van der Waals surface area contributed by atoms with E-state index in [2.05, 4.69) is 4.98 Å². The van der Waals surface area contributed by atoms with E-state index in [0.717, 1.165) is 19.3 Å². The number of pyridine rings is 1. The quantitative estimate of drug-likeness (QED) is 0.867. The number of hydrogen-bond acceptors (Lipinski definition) is 2. The first-order valence-corrected chi connectivity index (χ1v) is 6.77. The van der Waals surface area contributed by atoms with Crippen LogP contribution < -0.4 is 5.43 Å². The summed E-state index contributed by atoms with van der Waals surface area (Å²) in [6.07, 6.45) is 4.46. The van der Waals surface area contributed by atoms with Gasteiger partial charge < -0.3 is 9.88 Å². The lowest BCUT2D eigenvalue weighted by Crippen LogP contribution is -2.38. The zero-order valence-corrected chi connectivity index (χ0v) is 11.0. The maximum atomic E-state index is 13.1. The summed E-state index contributed by atoms with van der Waals surface area (Å²) in [5.74, 6) is -0.652. The Bertz CT molecular complexity index is 717. The van der Waals surface area contributed by atoms with Gasteiger partial charge in [-0.05, 0) is 37.5 Å². The van der Waals surface area contributed by atoms with Gasteiger partial charge in [-0.15, -0.1) is 0 Å². The molecule has 1 amide bonds. The molecule has 0 radical (unpaired) electrons. The molecule has 0 aliphatic carbocycles. The number of carbonyl (C=O) groups excluding carboxylic acids is 1. The normalized spacial score (nSPS) is 15.6. The Hall–Kier alpha value is -2.17. The molecule has 2 aromatic rings. The van der Waals surface area contributed by atoms with Gasteiger partial charge in [0.25, 0.3) is 5.91 Å². The SMILES string of the molecule is O=C(c1c[nH]c2cc(F)ccc2c1=O)N1CCCCC1. The van der Waals surface area contributed by atoms with Gasteiger partial charge in [0.1, 0.15) is 11.4 Å². The summed E-state index contributed by atoms with van der Waals surface area (Å²) in [5, 5.41) is 0.342. The number of hydrogen-bond donors (Lipinski definition) is 1. The third kappa shape index (κ3) is 2.19. The van der Waals surface area contributed by atoms with E-state index in [4.69, 9.17) is 0 Å². The van der Waals surface area contributed by atoms with Gasteiger partial charge in [-0.2, -0.15) is 0 Å². The Morgan fingerprint density at radius 3 is 2.70 bits per heavy atom. The van der Waals surface area contributed by atoms with Crippen molar-refractivity contribution in [2.45, 2.75) is 19.3 Å². The van der Waals surface area contributed by atoms with E-state index in [1.54, 1.807) is 4.90 Å². The highest BCUT2D eigenvalue weighted by Crippen LogP contribution is 2.14. The number of aromatic amines is 1. The maximum absolute atomic E-state index is 13.1. The molecule has 1 aliphatic rings. The minimum atomic E-state index is -0.414. The first kappa shape index (κ1) is 12.8. The molecule has 104 valence electrons. The molecular formula is C15H15FN2O2. The third-order valence-corrected chi connectivity index (χ3v) is 3.72. The van der Waals surface area contributed by atoms with E-state index in [-0.39, 0.29) is 16.9 Å². The Balaban J connectivity index is 2.03. The van der Waals surface area contributed by atoms with Gasteiger partial charge in [0.15, 0.2) is 0 Å². The molecule has 20 heavy (non-hydrogen) atoms. The number of fused-ring (bicyclic) bond motifs is 1. The predicted octanol–water partition coefficient (Wildman–Crippen LogP) is 2.29. The summed E-state index contributed by atoms with van der Waals surface area (Å²) in [6.45, 7) is 1.39. The summed E-state index contributed by atoms with van der Waals surface area (Å²) in [4.78, 5) is 29.2. The Labute approximate surface area is 115 Å². The van der Waals surface area contributed by atoms with Gasteiger partial charge in [0.05, 0.1) is 5.52 Å². The highest BCUT2D eigenvalue weighted by molar-refractivity contribution is 5.97. The number of halogens is 1. The van der Waals surface area contributed by atoms with Gasteiger partial charge in [-0.25, -0.2) is 4.39 Å². The minimum absolute atomic E-state index is 0.131. The van der Waals surface area contributed by atoms with Crippen LogP contribution in [0.15, 0.2) is 29.2 Å². The zero-order valence-electron chi connectivity index (χ0n) is 11.0. The van der Waals surface area contributed by atoms with E-state index >= 15 is 0 Å². The number of benzene rings is 1. The maximum Gasteiger partial charge on any atom is 0.259 e. The number of amides is 1. The molecule has 0 saturated carbocycles. The van der Waals surface area contributed by atoms with E-state index in [1.807, 2.05) is 0 Å². The average molecular weight is 274 g/mol. The van der Waals surface area contributed by atoms with Gasteiger partial charge in [0, 0.05) is 24.7 Å². The highest BCUT2D eigenvalue weighted by Gasteiger charge is 2.21. The third-order valence-electron chi connectivity index (χ3n) is 3.72. The van der Waals surface area contributed by atoms with Crippen molar-refractivity contribution in [3.8, 4) is 0 Å². The molecule has 1 aromatic heterocycles. The number of carbonyl (C=O) groups is 1. The van der Waals surface area contributed by atoms with Crippen LogP contribution in [0, 0.1) is 5.82 Å². The van der Waals surface area contributed by atoms with E-state index < -0.39 is 5.82 Å². The van der Waals surface area contributed by atoms with Gasteiger partial charge in [-0.3, -0.25) is 9.59 Å². The summed E-state index contributed by atoms with van der Waals surface area (Å²) in [5.41, 5.74) is 0.200. The van der Waals surface area contributed by atoms with E-state index in [0.29, 0.717) is 24.0 Å². The van der Waals surface area contributed by atoms with Gasteiger partial charge >= 0.3 is 0 Å². The first-order chi connectivity index (χ1) is 9.66. The van der Waals surface area contributed by atoms with Crippen molar-refractivity contribution in [1.29, 1.82) is 0 Å². The number of rotatable bonds is 1. The van der Waals surface area contributed by atoms with Crippen LogP contribution in [0.3, 0.4) is 0 Å². The topological polar surface area (TPSA) is 53.2 Å². The lowest BCUT2D eigenvalue weighted by Gasteiger charge is -2.26. The standard InChI is InChI=1S/C15H15FN2O2/c16-10-4-5-11-13(8-10)17-9-12(14(11)19)15(20)18-6-2-1-3-7-18/h4-5,8-9H,1-3,6-7H2,(H,17,19).